The molecular formula is C13H17NO3. The van der Waals surface area contributed by atoms with Crippen LogP contribution in [-0.4, -0.2) is 19.0 Å². The molecule has 17 heavy (non-hydrogen) atoms. The molecule has 92 valence electrons. The van der Waals surface area contributed by atoms with Crippen molar-refractivity contribution in [2.45, 2.75) is 26.3 Å². The van der Waals surface area contributed by atoms with Crippen molar-refractivity contribution in [3.8, 4) is 0 Å². The van der Waals surface area contributed by atoms with E-state index in [1.165, 1.54) is 14.0 Å². The van der Waals surface area contributed by atoms with Crippen molar-refractivity contribution in [3.05, 3.63) is 35.4 Å². The Balaban J connectivity index is 2.44. The molecule has 0 radical (unpaired) electrons. The number of benzene rings is 1. The van der Waals surface area contributed by atoms with Gasteiger partial charge in [-0.3, -0.25) is 9.59 Å². The first-order valence-corrected chi connectivity index (χ1v) is 5.51. The van der Waals surface area contributed by atoms with Gasteiger partial charge in [-0.2, -0.15) is 0 Å². The first kappa shape index (κ1) is 13.2. The number of ether oxygens (including phenoxy) is 1. The minimum Gasteiger partial charge on any atom is -0.469 e. The summed E-state index contributed by atoms with van der Waals surface area (Å²) < 4.78 is 4.57. The van der Waals surface area contributed by atoms with Crippen LogP contribution in [0, 0.1) is 0 Å². The van der Waals surface area contributed by atoms with Gasteiger partial charge in [-0.1, -0.05) is 24.3 Å². The number of esters is 1. The SMILES string of the molecule is COC(=O)CCc1ccc(CNC(C)=O)cc1. The Morgan fingerprint density at radius 3 is 2.29 bits per heavy atom. The van der Waals surface area contributed by atoms with Crippen LogP contribution < -0.4 is 5.32 Å². The number of nitrogens with one attached hydrogen (secondary N) is 1. The molecule has 0 aliphatic carbocycles. The van der Waals surface area contributed by atoms with E-state index in [0.29, 0.717) is 19.4 Å². The molecule has 0 aliphatic rings. The van der Waals surface area contributed by atoms with Gasteiger partial charge in [0.25, 0.3) is 0 Å². The Labute approximate surface area is 101 Å². The first-order valence-electron chi connectivity index (χ1n) is 5.51. The summed E-state index contributed by atoms with van der Waals surface area (Å²) in [7, 11) is 1.39. The molecule has 1 N–H and O–H groups in total. The third-order valence-electron chi connectivity index (χ3n) is 2.41. The fraction of sp³-hybridized carbons (Fsp3) is 0.385. The summed E-state index contributed by atoms with van der Waals surface area (Å²) in [6.07, 6.45) is 1.06. The van der Waals surface area contributed by atoms with E-state index < -0.39 is 0 Å². The van der Waals surface area contributed by atoms with E-state index in [1.807, 2.05) is 24.3 Å². The molecule has 0 bridgehead atoms. The summed E-state index contributed by atoms with van der Waals surface area (Å²) in [5.41, 5.74) is 2.13. The van der Waals surface area contributed by atoms with Gasteiger partial charge in [0.15, 0.2) is 0 Å². The van der Waals surface area contributed by atoms with Crippen LogP contribution in [0.4, 0.5) is 0 Å². The van der Waals surface area contributed by atoms with E-state index in [2.05, 4.69) is 10.1 Å². The molecule has 0 unspecified atom stereocenters. The molecule has 0 aromatic heterocycles. The van der Waals surface area contributed by atoms with Crippen LogP contribution in [0.5, 0.6) is 0 Å². The van der Waals surface area contributed by atoms with Gasteiger partial charge in [0.2, 0.25) is 5.91 Å². The summed E-state index contributed by atoms with van der Waals surface area (Å²) in [5.74, 6) is -0.243. The topological polar surface area (TPSA) is 55.4 Å². The third-order valence-corrected chi connectivity index (χ3v) is 2.41. The maximum Gasteiger partial charge on any atom is 0.305 e. The van der Waals surface area contributed by atoms with Gasteiger partial charge in [-0.25, -0.2) is 0 Å². The zero-order chi connectivity index (χ0) is 12.7. The van der Waals surface area contributed by atoms with Crippen LogP contribution in [0.15, 0.2) is 24.3 Å². The van der Waals surface area contributed by atoms with Gasteiger partial charge in [0.05, 0.1) is 7.11 Å². The van der Waals surface area contributed by atoms with Gasteiger partial charge in [0.1, 0.15) is 0 Å². The first-order chi connectivity index (χ1) is 8.11. The van der Waals surface area contributed by atoms with E-state index >= 15 is 0 Å². The van der Waals surface area contributed by atoms with Gasteiger partial charge in [-0.15, -0.1) is 0 Å². The molecule has 0 spiro atoms. The van der Waals surface area contributed by atoms with Gasteiger partial charge in [0, 0.05) is 19.9 Å². The zero-order valence-corrected chi connectivity index (χ0v) is 10.2. The van der Waals surface area contributed by atoms with Crippen molar-refractivity contribution in [1.29, 1.82) is 0 Å². The van der Waals surface area contributed by atoms with Crippen molar-refractivity contribution >= 4 is 11.9 Å². The van der Waals surface area contributed by atoms with E-state index in [4.69, 9.17) is 0 Å². The number of aryl methyl sites for hydroxylation is 1. The predicted molar refractivity (Wildman–Crippen MR) is 64.3 cm³/mol. The summed E-state index contributed by atoms with van der Waals surface area (Å²) in [5, 5.41) is 2.73. The number of carbonyl (C=O) groups is 2. The molecule has 0 aliphatic heterocycles. The lowest BCUT2D eigenvalue weighted by atomic mass is 10.1. The molecule has 0 saturated heterocycles. The molecule has 0 atom stereocenters. The number of hydrogen-bond acceptors (Lipinski definition) is 3. The summed E-state index contributed by atoms with van der Waals surface area (Å²) in [4.78, 5) is 21.7. The van der Waals surface area contributed by atoms with Crippen LogP contribution in [0.1, 0.15) is 24.5 Å². The Bertz CT molecular complexity index is 384. The monoisotopic (exact) mass is 235 g/mol. The zero-order valence-electron chi connectivity index (χ0n) is 10.2. The lowest BCUT2D eigenvalue weighted by Crippen LogP contribution is -2.18. The maximum atomic E-state index is 11.0. The largest absolute Gasteiger partial charge is 0.469 e. The molecule has 1 aromatic carbocycles. The normalized spacial score (nSPS) is 9.76. The fourth-order valence-corrected chi connectivity index (χ4v) is 1.40. The van der Waals surface area contributed by atoms with Crippen molar-refractivity contribution in [2.75, 3.05) is 7.11 Å². The van der Waals surface area contributed by atoms with Gasteiger partial charge >= 0.3 is 5.97 Å². The minimum atomic E-state index is -0.202. The molecular weight excluding hydrogens is 218 g/mol. The second-order valence-corrected chi connectivity index (χ2v) is 3.80. The van der Waals surface area contributed by atoms with Crippen LogP contribution in [-0.2, 0) is 27.3 Å². The Morgan fingerprint density at radius 2 is 1.76 bits per heavy atom. The van der Waals surface area contributed by atoms with E-state index in [-0.39, 0.29) is 11.9 Å². The smallest absolute Gasteiger partial charge is 0.305 e. The van der Waals surface area contributed by atoms with E-state index in [9.17, 15) is 9.59 Å². The molecule has 0 heterocycles. The predicted octanol–water partition coefficient (Wildman–Crippen LogP) is 1.43. The number of amides is 1. The maximum absolute atomic E-state index is 11.0. The molecule has 1 aromatic rings. The quantitative estimate of drug-likeness (QED) is 0.785. The van der Waals surface area contributed by atoms with Crippen molar-refractivity contribution in [2.24, 2.45) is 0 Å². The van der Waals surface area contributed by atoms with Crippen LogP contribution in [0.3, 0.4) is 0 Å². The second kappa shape index (κ2) is 6.68. The van der Waals surface area contributed by atoms with Crippen molar-refractivity contribution < 1.29 is 14.3 Å². The highest BCUT2D eigenvalue weighted by atomic mass is 16.5. The molecule has 1 amide bonds. The van der Waals surface area contributed by atoms with Gasteiger partial charge < -0.3 is 10.1 Å². The van der Waals surface area contributed by atoms with Crippen molar-refractivity contribution in [3.63, 3.8) is 0 Å². The average molecular weight is 235 g/mol. The number of hydrogen-bond donors (Lipinski definition) is 1. The fourth-order valence-electron chi connectivity index (χ4n) is 1.40. The van der Waals surface area contributed by atoms with Crippen LogP contribution in [0.25, 0.3) is 0 Å². The van der Waals surface area contributed by atoms with Crippen LogP contribution in [0.2, 0.25) is 0 Å². The summed E-state index contributed by atoms with van der Waals surface area (Å²) in [6.45, 7) is 2.03. The Hall–Kier alpha value is -1.84. The highest BCUT2D eigenvalue weighted by Crippen LogP contribution is 2.07. The van der Waals surface area contributed by atoms with E-state index in [1.54, 1.807) is 0 Å². The van der Waals surface area contributed by atoms with E-state index in [0.717, 1.165) is 11.1 Å². The standard InChI is InChI=1S/C13H17NO3/c1-10(15)14-9-12-5-3-11(4-6-12)7-8-13(16)17-2/h3-6H,7-9H2,1-2H3,(H,14,15). The lowest BCUT2D eigenvalue weighted by Gasteiger charge is -2.04. The summed E-state index contributed by atoms with van der Waals surface area (Å²) >= 11 is 0. The third kappa shape index (κ3) is 5.15. The average Bonchev–Trinajstić information content (AvgIpc) is 2.34. The molecule has 4 heteroatoms. The van der Waals surface area contributed by atoms with Crippen molar-refractivity contribution in [1.82, 2.24) is 5.32 Å². The molecule has 4 nitrogen and oxygen atoms in total. The minimum absolute atomic E-state index is 0.0419. The number of rotatable bonds is 5. The lowest BCUT2D eigenvalue weighted by molar-refractivity contribution is -0.140. The summed E-state index contributed by atoms with van der Waals surface area (Å²) in [6, 6.07) is 7.81. The van der Waals surface area contributed by atoms with Crippen LogP contribution >= 0.6 is 0 Å². The molecule has 0 fully saturated rings. The second-order valence-electron chi connectivity index (χ2n) is 3.80. The molecule has 1 rings (SSSR count). The Kier molecular flexibility index (Phi) is 5.20. The van der Waals surface area contributed by atoms with Gasteiger partial charge in [-0.05, 0) is 17.5 Å². The number of methoxy groups -OCH3 is 1. The number of carbonyl (C=O) groups excluding carboxylic acids is 2. The highest BCUT2D eigenvalue weighted by Gasteiger charge is 2.01. The highest BCUT2D eigenvalue weighted by molar-refractivity contribution is 5.72. The Morgan fingerprint density at radius 1 is 1.18 bits per heavy atom. The molecule has 0 saturated carbocycles.